The molecule has 0 aliphatic rings. The molecule has 1 N–H and O–H groups in total. The van der Waals surface area contributed by atoms with Gasteiger partial charge in [-0.2, -0.15) is 5.10 Å². The number of halogens is 1. The minimum atomic E-state index is 0.573. The lowest BCUT2D eigenvalue weighted by Gasteiger charge is -2.05. The molecule has 2 rings (SSSR count). The van der Waals surface area contributed by atoms with Crippen molar-refractivity contribution in [3.8, 4) is 5.75 Å². The zero-order valence-corrected chi connectivity index (χ0v) is 11.7. The largest absolute Gasteiger partial charge is 0.492 e. The summed E-state index contributed by atoms with van der Waals surface area (Å²) in [6.07, 6.45) is 1.72. The van der Waals surface area contributed by atoms with Crippen LogP contribution in [0.1, 0.15) is 5.82 Å². The van der Waals surface area contributed by atoms with Gasteiger partial charge in [0.1, 0.15) is 18.7 Å². The first-order chi connectivity index (χ1) is 8.78. The minimum absolute atomic E-state index is 0.573. The van der Waals surface area contributed by atoms with Gasteiger partial charge in [-0.3, -0.25) is 0 Å². The summed E-state index contributed by atoms with van der Waals surface area (Å²) in [7, 11) is 1.87. The lowest BCUT2D eigenvalue weighted by molar-refractivity contribution is 0.290. The van der Waals surface area contributed by atoms with E-state index < -0.39 is 0 Å². The molecule has 18 heavy (non-hydrogen) atoms. The van der Waals surface area contributed by atoms with E-state index in [-0.39, 0.29) is 0 Å². The highest BCUT2D eigenvalue weighted by atomic mass is 79.9. The van der Waals surface area contributed by atoms with E-state index in [1.54, 1.807) is 11.0 Å². The van der Waals surface area contributed by atoms with Crippen LogP contribution < -0.4 is 10.1 Å². The molecule has 0 aliphatic carbocycles. The van der Waals surface area contributed by atoms with E-state index in [2.05, 4.69) is 31.3 Å². The van der Waals surface area contributed by atoms with Gasteiger partial charge in [0.05, 0.1) is 13.1 Å². The van der Waals surface area contributed by atoms with E-state index in [0.717, 1.165) is 16.0 Å². The second-order valence-electron chi connectivity index (χ2n) is 3.76. The maximum Gasteiger partial charge on any atom is 0.164 e. The third kappa shape index (κ3) is 3.82. The van der Waals surface area contributed by atoms with Crippen LogP contribution in [-0.4, -0.2) is 28.4 Å². The highest BCUT2D eigenvalue weighted by Crippen LogP contribution is 2.15. The lowest BCUT2D eigenvalue weighted by Crippen LogP contribution is -2.10. The molecule has 0 spiro atoms. The van der Waals surface area contributed by atoms with Crippen molar-refractivity contribution in [2.24, 2.45) is 0 Å². The third-order valence-corrected chi connectivity index (χ3v) is 2.85. The summed E-state index contributed by atoms with van der Waals surface area (Å²) >= 11 is 3.38. The van der Waals surface area contributed by atoms with Crippen LogP contribution in [0, 0.1) is 0 Å². The average Bonchev–Trinajstić information content (AvgIpc) is 2.80. The van der Waals surface area contributed by atoms with Crippen molar-refractivity contribution >= 4 is 15.9 Å². The monoisotopic (exact) mass is 310 g/mol. The van der Waals surface area contributed by atoms with Crippen LogP contribution in [0.25, 0.3) is 0 Å². The minimum Gasteiger partial charge on any atom is -0.492 e. The van der Waals surface area contributed by atoms with E-state index in [0.29, 0.717) is 19.7 Å². The van der Waals surface area contributed by atoms with Gasteiger partial charge in [-0.05, 0) is 31.3 Å². The quantitative estimate of drug-likeness (QED) is 0.884. The van der Waals surface area contributed by atoms with E-state index in [4.69, 9.17) is 4.74 Å². The molecule has 0 radical (unpaired) electrons. The SMILES string of the molecule is CNCc1ncn(CCOc2ccc(Br)cc2)n1. The Morgan fingerprint density at radius 1 is 1.33 bits per heavy atom. The molecule has 0 unspecified atom stereocenters. The highest BCUT2D eigenvalue weighted by Gasteiger charge is 1.99. The number of ether oxygens (including phenoxy) is 1. The van der Waals surface area contributed by atoms with E-state index in [9.17, 15) is 0 Å². The number of nitrogens with zero attached hydrogens (tertiary/aromatic N) is 3. The molecule has 6 heteroatoms. The second kappa shape index (κ2) is 6.51. The topological polar surface area (TPSA) is 52.0 Å². The fourth-order valence-corrected chi connectivity index (χ4v) is 1.73. The molecular weight excluding hydrogens is 296 g/mol. The van der Waals surface area contributed by atoms with Gasteiger partial charge in [0.25, 0.3) is 0 Å². The maximum absolute atomic E-state index is 5.61. The van der Waals surface area contributed by atoms with Gasteiger partial charge >= 0.3 is 0 Å². The number of hydrogen-bond donors (Lipinski definition) is 1. The van der Waals surface area contributed by atoms with Crippen molar-refractivity contribution in [2.75, 3.05) is 13.7 Å². The van der Waals surface area contributed by atoms with E-state index in [1.807, 2.05) is 31.3 Å². The Kier molecular flexibility index (Phi) is 4.72. The van der Waals surface area contributed by atoms with Crippen LogP contribution in [0.15, 0.2) is 35.1 Å². The first-order valence-electron chi connectivity index (χ1n) is 5.69. The first kappa shape index (κ1) is 13.0. The number of aromatic nitrogens is 3. The maximum atomic E-state index is 5.61. The molecule has 0 atom stereocenters. The highest BCUT2D eigenvalue weighted by molar-refractivity contribution is 9.10. The van der Waals surface area contributed by atoms with Crippen LogP contribution in [-0.2, 0) is 13.1 Å². The average molecular weight is 311 g/mol. The smallest absolute Gasteiger partial charge is 0.164 e. The van der Waals surface area contributed by atoms with Crippen molar-refractivity contribution < 1.29 is 4.74 Å². The molecule has 5 nitrogen and oxygen atoms in total. The summed E-state index contributed by atoms with van der Waals surface area (Å²) in [4.78, 5) is 4.17. The zero-order chi connectivity index (χ0) is 12.8. The van der Waals surface area contributed by atoms with Crippen molar-refractivity contribution in [1.29, 1.82) is 0 Å². The van der Waals surface area contributed by atoms with Crippen molar-refractivity contribution in [3.63, 3.8) is 0 Å². The van der Waals surface area contributed by atoms with Crippen LogP contribution >= 0.6 is 15.9 Å². The van der Waals surface area contributed by atoms with E-state index in [1.165, 1.54) is 0 Å². The predicted octanol–water partition coefficient (Wildman–Crippen LogP) is 1.84. The molecule has 96 valence electrons. The molecule has 2 aromatic rings. The Hall–Kier alpha value is -1.40. The molecule has 0 saturated heterocycles. The van der Waals surface area contributed by atoms with Crippen LogP contribution in [0.4, 0.5) is 0 Å². The van der Waals surface area contributed by atoms with Gasteiger partial charge < -0.3 is 10.1 Å². The van der Waals surface area contributed by atoms with Gasteiger partial charge in [0, 0.05) is 4.47 Å². The Morgan fingerprint density at radius 3 is 2.83 bits per heavy atom. The summed E-state index contributed by atoms with van der Waals surface area (Å²) in [6, 6.07) is 7.77. The van der Waals surface area contributed by atoms with Crippen LogP contribution in [0.5, 0.6) is 5.75 Å². The molecular formula is C12H15BrN4O. The zero-order valence-electron chi connectivity index (χ0n) is 10.1. The Bertz CT molecular complexity index is 483. The fraction of sp³-hybridized carbons (Fsp3) is 0.333. The predicted molar refractivity (Wildman–Crippen MR) is 72.4 cm³/mol. The molecule has 0 bridgehead atoms. The lowest BCUT2D eigenvalue weighted by atomic mass is 10.3. The molecule has 0 amide bonds. The summed E-state index contributed by atoms with van der Waals surface area (Å²) < 4.78 is 8.44. The summed E-state index contributed by atoms with van der Waals surface area (Å²) in [5, 5.41) is 7.31. The van der Waals surface area contributed by atoms with E-state index >= 15 is 0 Å². The van der Waals surface area contributed by atoms with Gasteiger partial charge in [-0.25, -0.2) is 9.67 Å². The number of nitrogens with one attached hydrogen (secondary N) is 1. The van der Waals surface area contributed by atoms with Crippen LogP contribution in [0.3, 0.4) is 0 Å². The van der Waals surface area contributed by atoms with Crippen molar-refractivity contribution in [1.82, 2.24) is 20.1 Å². The Morgan fingerprint density at radius 2 is 2.11 bits per heavy atom. The number of rotatable bonds is 6. The standard InChI is InChI=1S/C12H15BrN4O/c1-14-8-12-15-9-17(16-12)6-7-18-11-4-2-10(13)3-5-11/h2-5,9,14H,6-8H2,1H3. The fourth-order valence-electron chi connectivity index (χ4n) is 1.47. The van der Waals surface area contributed by atoms with Gasteiger partial charge in [-0.1, -0.05) is 15.9 Å². The molecule has 1 heterocycles. The van der Waals surface area contributed by atoms with Gasteiger partial charge in [0.2, 0.25) is 0 Å². The Balaban J connectivity index is 1.79. The molecule has 0 fully saturated rings. The number of hydrogen-bond acceptors (Lipinski definition) is 4. The normalized spacial score (nSPS) is 10.6. The second-order valence-corrected chi connectivity index (χ2v) is 4.67. The van der Waals surface area contributed by atoms with Crippen molar-refractivity contribution in [3.05, 3.63) is 40.9 Å². The third-order valence-electron chi connectivity index (χ3n) is 2.32. The van der Waals surface area contributed by atoms with Gasteiger partial charge in [0.15, 0.2) is 5.82 Å². The molecule has 1 aromatic carbocycles. The summed E-state index contributed by atoms with van der Waals surface area (Å²) in [5.41, 5.74) is 0. The molecule has 0 aliphatic heterocycles. The summed E-state index contributed by atoms with van der Waals surface area (Å²) in [5.74, 6) is 1.65. The number of benzene rings is 1. The van der Waals surface area contributed by atoms with Crippen LogP contribution in [0.2, 0.25) is 0 Å². The van der Waals surface area contributed by atoms with Crippen molar-refractivity contribution in [2.45, 2.75) is 13.1 Å². The Labute approximate surface area is 114 Å². The first-order valence-corrected chi connectivity index (χ1v) is 6.48. The van der Waals surface area contributed by atoms with Gasteiger partial charge in [-0.15, -0.1) is 0 Å². The molecule has 0 saturated carbocycles. The molecule has 1 aromatic heterocycles. The summed E-state index contributed by atoms with van der Waals surface area (Å²) in [6.45, 7) is 1.94.